The Morgan fingerprint density at radius 1 is 0.966 bits per heavy atom. The zero-order chi connectivity index (χ0) is 20.6. The first-order valence-electron chi connectivity index (χ1n) is 9.31. The third kappa shape index (κ3) is 5.86. The van der Waals surface area contributed by atoms with Crippen molar-refractivity contribution in [1.29, 1.82) is 0 Å². The SMILES string of the molecule is CC(C)[C@@H](NC(=O)NCc1ccccc1)C(=O)Nc1nnc(-c2ccccc2)s1. The van der Waals surface area contributed by atoms with Crippen molar-refractivity contribution in [3.8, 4) is 10.6 Å². The van der Waals surface area contributed by atoms with E-state index in [1.807, 2.05) is 74.5 Å². The molecule has 29 heavy (non-hydrogen) atoms. The van der Waals surface area contributed by atoms with Crippen LogP contribution in [0.5, 0.6) is 0 Å². The Labute approximate surface area is 173 Å². The molecule has 0 aliphatic heterocycles. The topological polar surface area (TPSA) is 96.0 Å². The Morgan fingerprint density at radius 2 is 1.62 bits per heavy atom. The molecule has 0 aliphatic rings. The van der Waals surface area contributed by atoms with Crippen molar-refractivity contribution in [2.24, 2.45) is 5.92 Å². The third-order valence-electron chi connectivity index (χ3n) is 4.21. The molecule has 0 saturated carbocycles. The number of carbonyl (C=O) groups is 2. The molecule has 0 fully saturated rings. The molecule has 150 valence electrons. The van der Waals surface area contributed by atoms with Crippen LogP contribution in [0.2, 0.25) is 0 Å². The molecule has 0 saturated heterocycles. The summed E-state index contributed by atoms with van der Waals surface area (Å²) in [7, 11) is 0. The number of urea groups is 1. The molecule has 1 heterocycles. The fourth-order valence-corrected chi connectivity index (χ4v) is 3.41. The van der Waals surface area contributed by atoms with Gasteiger partial charge in [0.05, 0.1) is 0 Å². The van der Waals surface area contributed by atoms with E-state index in [1.165, 1.54) is 11.3 Å². The molecule has 1 atom stereocenters. The largest absolute Gasteiger partial charge is 0.334 e. The van der Waals surface area contributed by atoms with E-state index < -0.39 is 12.1 Å². The molecule has 3 rings (SSSR count). The Bertz CT molecular complexity index is 944. The molecule has 0 spiro atoms. The lowest BCUT2D eigenvalue weighted by molar-refractivity contribution is -0.118. The number of nitrogens with zero attached hydrogens (tertiary/aromatic N) is 2. The first kappa shape index (κ1) is 20.5. The minimum atomic E-state index is -0.699. The van der Waals surface area contributed by atoms with Crippen LogP contribution in [0.15, 0.2) is 60.7 Å². The van der Waals surface area contributed by atoms with Crippen molar-refractivity contribution in [3.05, 3.63) is 66.2 Å². The molecule has 0 aliphatic carbocycles. The van der Waals surface area contributed by atoms with Crippen molar-refractivity contribution in [2.75, 3.05) is 5.32 Å². The summed E-state index contributed by atoms with van der Waals surface area (Å²) in [5.74, 6) is -0.426. The highest BCUT2D eigenvalue weighted by atomic mass is 32.1. The average Bonchev–Trinajstić information content (AvgIpc) is 3.20. The van der Waals surface area contributed by atoms with E-state index in [4.69, 9.17) is 0 Å². The van der Waals surface area contributed by atoms with Gasteiger partial charge in [0.25, 0.3) is 0 Å². The first-order chi connectivity index (χ1) is 14.0. The molecule has 0 radical (unpaired) electrons. The summed E-state index contributed by atoms with van der Waals surface area (Å²) in [6.07, 6.45) is 0. The van der Waals surface area contributed by atoms with Gasteiger partial charge in [0, 0.05) is 12.1 Å². The highest BCUT2D eigenvalue weighted by molar-refractivity contribution is 7.18. The van der Waals surface area contributed by atoms with Gasteiger partial charge in [-0.3, -0.25) is 10.1 Å². The van der Waals surface area contributed by atoms with Crippen molar-refractivity contribution < 1.29 is 9.59 Å². The van der Waals surface area contributed by atoms with Crippen LogP contribution in [0.1, 0.15) is 19.4 Å². The third-order valence-corrected chi connectivity index (χ3v) is 5.10. The Balaban J connectivity index is 1.58. The summed E-state index contributed by atoms with van der Waals surface area (Å²) in [6.45, 7) is 4.13. The fourth-order valence-electron chi connectivity index (χ4n) is 2.66. The highest BCUT2D eigenvalue weighted by Crippen LogP contribution is 2.26. The van der Waals surface area contributed by atoms with Crippen LogP contribution in [0.3, 0.4) is 0 Å². The Kier molecular flexibility index (Phi) is 6.91. The normalized spacial score (nSPS) is 11.7. The van der Waals surface area contributed by atoms with Crippen LogP contribution in [-0.2, 0) is 11.3 Å². The van der Waals surface area contributed by atoms with Gasteiger partial charge in [-0.05, 0) is 11.5 Å². The maximum atomic E-state index is 12.7. The van der Waals surface area contributed by atoms with Crippen LogP contribution < -0.4 is 16.0 Å². The standard InChI is InChI=1S/C21H23N5O2S/c1-14(2)17(23-20(28)22-13-15-9-5-3-6-10-15)18(27)24-21-26-25-19(29-21)16-11-7-4-8-12-16/h3-12,14,17H,13H2,1-2H3,(H2,22,23,28)(H,24,26,27)/t17-/m1/s1. The lowest BCUT2D eigenvalue weighted by Crippen LogP contribution is -2.50. The summed E-state index contributed by atoms with van der Waals surface area (Å²) in [6, 6.07) is 18.1. The van der Waals surface area contributed by atoms with Crippen LogP contribution in [0, 0.1) is 5.92 Å². The number of amides is 3. The maximum absolute atomic E-state index is 12.7. The number of carbonyl (C=O) groups excluding carboxylic acids is 2. The van der Waals surface area contributed by atoms with Crippen molar-refractivity contribution >= 4 is 28.4 Å². The summed E-state index contributed by atoms with van der Waals surface area (Å²) in [5, 5.41) is 17.5. The lowest BCUT2D eigenvalue weighted by atomic mass is 10.0. The van der Waals surface area contributed by atoms with E-state index in [1.54, 1.807) is 0 Å². The maximum Gasteiger partial charge on any atom is 0.315 e. The number of rotatable bonds is 7. The number of anilines is 1. The average molecular weight is 410 g/mol. The van der Waals surface area contributed by atoms with Gasteiger partial charge in [0.15, 0.2) is 0 Å². The second-order valence-corrected chi connectivity index (χ2v) is 7.78. The predicted molar refractivity (Wildman–Crippen MR) is 114 cm³/mol. The highest BCUT2D eigenvalue weighted by Gasteiger charge is 2.25. The predicted octanol–water partition coefficient (Wildman–Crippen LogP) is 3.67. The van der Waals surface area contributed by atoms with E-state index >= 15 is 0 Å². The quantitative estimate of drug-likeness (QED) is 0.555. The van der Waals surface area contributed by atoms with E-state index in [2.05, 4.69) is 26.1 Å². The van der Waals surface area contributed by atoms with Gasteiger partial charge in [0.1, 0.15) is 11.0 Å². The van der Waals surface area contributed by atoms with Gasteiger partial charge in [-0.1, -0.05) is 85.8 Å². The number of nitrogens with one attached hydrogen (secondary N) is 3. The zero-order valence-corrected chi connectivity index (χ0v) is 17.1. The van der Waals surface area contributed by atoms with Crippen molar-refractivity contribution in [3.63, 3.8) is 0 Å². The fraction of sp³-hybridized carbons (Fsp3) is 0.238. The minimum Gasteiger partial charge on any atom is -0.334 e. The van der Waals surface area contributed by atoms with Crippen LogP contribution in [-0.4, -0.2) is 28.2 Å². The van der Waals surface area contributed by atoms with E-state index in [-0.39, 0.29) is 11.8 Å². The van der Waals surface area contributed by atoms with Gasteiger partial charge < -0.3 is 10.6 Å². The molecule has 1 aromatic heterocycles. The molecule has 7 nitrogen and oxygen atoms in total. The number of hydrogen-bond acceptors (Lipinski definition) is 5. The smallest absolute Gasteiger partial charge is 0.315 e. The van der Waals surface area contributed by atoms with Crippen molar-refractivity contribution in [1.82, 2.24) is 20.8 Å². The van der Waals surface area contributed by atoms with Gasteiger partial charge in [-0.2, -0.15) is 0 Å². The first-order valence-corrected chi connectivity index (χ1v) is 10.1. The molecule has 0 unspecified atom stereocenters. The van der Waals surface area contributed by atoms with E-state index in [0.29, 0.717) is 11.7 Å². The number of hydrogen-bond donors (Lipinski definition) is 3. The van der Waals surface area contributed by atoms with Crippen LogP contribution >= 0.6 is 11.3 Å². The van der Waals surface area contributed by atoms with Gasteiger partial charge in [-0.15, -0.1) is 10.2 Å². The minimum absolute atomic E-state index is 0.0982. The molecular formula is C21H23N5O2S. The number of aromatic nitrogens is 2. The summed E-state index contributed by atoms with van der Waals surface area (Å²) in [5.41, 5.74) is 1.92. The molecule has 8 heteroatoms. The lowest BCUT2D eigenvalue weighted by Gasteiger charge is -2.21. The summed E-state index contributed by atoms with van der Waals surface area (Å²) in [4.78, 5) is 24.9. The molecule has 3 N–H and O–H groups in total. The van der Waals surface area contributed by atoms with E-state index in [9.17, 15) is 9.59 Å². The second kappa shape index (κ2) is 9.79. The molecule has 3 amide bonds. The summed E-state index contributed by atoms with van der Waals surface area (Å²) < 4.78 is 0. The Morgan fingerprint density at radius 3 is 2.28 bits per heavy atom. The van der Waals surface area contributed by atoms with Crippen LogP contribution in [0.25, 0.3) is 10.6 Å². The van der Waals surface area contributed by atoms with E-state index in [0.717, 1.165) is 16.1 Å². The van der Waals surface area contributed by atoms with Crippen molar-refractivity contribution in [2.45, 2.75) is 26.4 Å². The zero-order valence-electron chi connectivity index (χ0n) is 16.3. The monoisotopic (exact) mass is 409 g/mol. The second-order valence-electron chi connectivity index (χ2n) is 6.80. The van der Waals surface area contributed by atoms with Gasteiger partial charge in [0.2, 0.25) is 11.0 Å². The Hall–Kier alpha value is -3.26. The molecular weight excluding hydrogens is 386 g/mol. The molecule has 3 aromatic rings. The van der Waals surface area contributed by atoms with Gasteiger partial charge in [-0.25, -0.2) is 4.79 Å². The van der Waals surface area contributed by atoms with Crippen LogP contribution in [0.4, 0.5) is 9.93 Å². The summed E-state index contributed by atoms with van der Waals surface area (Å²) >= 11 is 1.29. The molecule has 0 bridgehead atoms. The van der Waals surface area contributed by atoms with Gasteiger partial charge >= 0.3 is 6.03 Å². The number of benzene rings is 2. The molecule has 2 aromatic carbocycles.